The highest BCUT2D eigenvalue weighted by Gasteiger charge is 2.36. The zero-order chi connectivity index (χ0) is 15.5. The molecule has 0 saturated carbocycles. The predicted octanol–water partition coefficient (Wildman–Crippen LogP) is 2.85. The second kappa shape index (κ2) is 6.77. The van der Waals surface area contributed by atoms with E-state index in [4.69, 9.17) is 4.74 Å². The van der Waals surface area contributed by atoms with Crippen LogP contribution in [0.15, 0.2) is 24.3 Å². The highest BCUT2D eigenvalue weighted by atomic mass is 19.4. The van der Waals surface area contributed by atoms with E-state index in [9.17, 15) is 18.3 Å². The highest BCUT2D eigenvalue weighted by molar-refractivity contribution is 5.32. The number of hydrogen-bond acceptors (Lipinski definition) is 3. The van der Waals surface area contributed by atoms with Crippen LogP contribution in [0.3, 0.4) is 0 Å². The maximum absolute atomic E-state index is 13.1. The number of nitrogens with zero attached hydrogens (tertiary/aromatic N) is 1. The summed E-state index contributed by atoms with van der Waals surface area (Å²) in [5.74, 6) is 0. The van der Waals surface area contributed by atoms with Crippen molar-refractivity contribution in [1.82, 2.24) is 4.90 Å². The largest absolute Gasteiger partial charge is 0.416 e. The van der Waals surface area contributed by atoms with Gasteiger partial charge in [-0.3, -0.25) is 4.90 Å². The van der Waals surface area contributed by atoms with E-state index in [1.165, 1.54) is 12.1 Å². The first-order chi connectivity index (χ1) is 9.91. The quantitative estimate of drug-likeness (QED) is 0.928. The number of benzene rings is 1. The highest BCUT2D eigenvalue weighted by Crippen LogP contribution is 2.36. The number of β-amino-alcohol motifs (C(OH)–C–C–N with tert-alkyl or cyclic N) is 1. The number of alkyl halides is 3. The Balaban J connectivity index is 2.15. The van der Waals surface area contributed by atoms with Crippen molar-refractivity contribution in [1.29, 1.82) is 0 Å². The molecule has 0 bridgehead atoms. The molecular weight excluding hydrogens is 283 g/mol. The molecule has 0 aromatic heterocycles. The van der Waals surface area contributed by atoms with E-state index in [-0.39, 0.29) is 5.56 Å². The van der Waals surface area contributed by atoms with E-state index in [1.807, 2.05) is 11.8 Å². The third-order valence-electron chi connectivity index (χ3n) is 3.70. The maximum Gasteiger partial charge on any atom is 0.416 e. The lowest BCUT2D eigenvalue weighted by molar-refractivity contribution is -0.140. The molecule has 1 fully saturated rings. The van der Waals surface area contributed by atoms with E-state index in [2.05, 4.69) is 0 Å². The normalized spacial score (nSPS) is 22.2. The van der Waals surface area contributed by atoms with Crippen LogP contribution in [0.1, 0.15) is 30.6 Å². The van der Waals surface area contributed by atoms with E-state index in [1.54, 1.807) is 6.07 Å². The molecule has 1 aromatic rings. The molecule has 1 aliphatic rings. The molecular formula is C15H20F3NO2. The van der Waals surface area contributed by atoms with Crippen molar-refractivity contribution in [3.05, 3.63) is 35.4 Å². The van der Waals surface area contributed by atoms with Crippen molar-refractivity contribution in [2.24, 2.45) is 0 Å². The first-order valence-corrected chi connectivity index (χ1v) is 7.10. The van der Waals surface area contributed by atoms with E-state index in [0.29, 0.717) is 32.7 Å². The average Bonchev–Trinajstić information content (AvgIpc) is 2.46. The van der Waals surface area contributed by atoms with Gasteiger partial charge >= 0.3 is 6.18 Å². The molecule has 0 radical (unpaired) electrons. The summed E-state index contributed by atoms with van der Waals surface area (Å²) in [5.41, 5.74) is -0.478. The molecule has 2 rings (SSSR count). The van der Waals surface area contributed by atoms with Gasteiger partial charge in [0.15, 0.2) is 0 Å². The van der Waals surface area contributed by atoms with Crippen molar-refractivity contribution in [2.75, 3.05) is 26.2 Å². The molecule has 21 heavy (non-hydrogen) atoms. The minimum absolute atomic E-state index is 0.167. The van der Waals surface area contributed by atoms with Crippen LogP contribution in [-0.4, -0.2) is 42.4 Å². The fraction of sp³-hybridized carbons (Fsp3) is 0.600. The average molecular weight is 303 g/mol. The summed E-state index contributed by atoms with van der Waals surface area (Å²) in [6.45, 7) is 3.70. The Morgan fingerprint density at radius 3 is 2.76 bits per heavy atom. The molecule has 1 aromatic carbocycles. The number of morpholine rings is 1. The Kier molecular flexibility index (Phi) is 5.24. The zero-order valence-corrected chi connectivity index (χ0v) is 11.9. The molecule has 0 spiro atoms. The lowest BCUT2D eigenvalue weighted by atomic mass is 10.0. The third kappa shape index (κ3) is 4.18. The fourth-order valence-corrected chi connectivity index (χ4v) is 2.52. The van der Waals surface area contributed by atoms with Gasteiger partial charge in [0.25, 0.3) is 0 Å². The summed E-state index contributed by atoms with van der Waals surface area (Å²) in [5, 5.41) is 9.69. The van der Waals surface area contributed by atoms with Gasteiger partial charge in [0, 0.05) is 19.6 Å². The van der Waals surface area contributed by atoms with Crippen LogP contribution in [0, 0.1) is 0 Å². The molecule has 1 unspecified atom stereocenters. The molecule has 1 saturated heterocycles. The minimum atomic E-state index is -4.38. The third-order valence-corrected chi connectivity index (χ3v) is 3.70. The summed E-state index contributed by atoms with van der Waals surface area (Å²) < 4.78 is 44.7. The molecule has 0 amide bonds. The Morgan fingerprint density at radius 1 is 1.38 bits per heavy atom. The first-order valence-electron chi connectivity index (χ1n) is 7.10. The van der Waals surface area contributed by atoms with Crippen LogP contribution in [0.25, 0.3) is 0 Å². The molecule has 2 atom stereocenters. The van der Waals surface area contributed by atoms with Crippen LogP contribution < -0.4 is 0 Å². The number of rotatable bonds is 4. The summed E-state index contributed by atoms with van der Waals surface area (Å²) in [6.07, 6.45) is -4.82. The Bertz CT molecular complexity index is 464. The second-order valence-electron chi connectivity index (χ2n) is 5.27. The Hall–Kier alpha value is -1.11. The Morgan fingerprint density at radius 2 is 2.10 bits per heavy atom. The van der Waals surface area contributed by atoms with Crippen molar-refractivity contribution in [3.63, 3.8) is 0 Å². The standard InChI is InChI=1S/C15H20F3NO2/c1-2-11(20)9-19-7-8-21-14(10-19)12-5-3-4-6-13(12)15(16,17)18/h3-6,11,14,20H,2,7-10H2,1H3/t11-,14?/m1/s1. The number of halogens is 3. The summed E-state index contributed by atoms with van der Waals surface area (Å²) in [7, 11) is 0. The van der Waals surface area contributed by atoms with Crippen molar-refractivity contribution >= 4 is 0 Å². The van der Waals surface area contributed by atoms with Crippen LogP contribution in [0.5, 0.6) is 0 Å². The van der Waals surface area contributed by atoms with Crippen LogP contribution in [0.4, 0.5) is 13.2 Å². The molecule has 1 aliphatic heterocycles. The molecule has 3 nitrogen and oxygen atoms in total. The van der Waals surface area contributed by atoms with Gasteiger partial charge in [-0.2, -0.15) is 13.2 Å². The van der Waals surface area contributed by atoms with E-state index in [0.717, 1.165) is 6.07 Å². The fourth-order valence-electron chi connectivity index (χ4n) is 2.52. The van der Waals surface area contributed by atoms with Gasteiger partial charge in [-0.1, -0.05) is 25.1 Å². The van der Waals surface area contributed by atoms with Gasteiger partial charge in [0.2, 0.25) is 0 Å². The second-order valence-corrected chi connectivity index (χ2v) is 5.27. The Labute approximate surface area is 122 Å². The zero-order valence-electron chi connectivity index (χ0n) is 11.9. The van der Waals surface area contributed by atoms with Crippen LogP contribution in [-0.2, 0) is 10.9 Å². The van der Waals surface area contributed by atoms with E-state index >= 15 is 0 Å². The topological polar surface area (TPSA) is 32.7 Å². The molecule has 1 heterocycles. The van der Waals surface area contributed by atoms with Crippen molar-refractivity contribution in [2.45, 2.75) is 31.7 Å². The summed E-state index contributed by atoms with van der Waals surface area (Å²) in [6, 6.07) is 5.52. The van der Waals surface area contributed by atoms with Gasteiger partial charge in [0.1, 0.15) is 0 Å². The van der Waals surface area contributed by atoms with E-state index < -0.39 is 23.9 Å². The predicted molar refractivity (Wildman–Crippen MR) is 72.9 cm³/mol. The maximum atomic E-state index is 13.1. The number of ether oxygens (including phenoxy) is 1. The monoisotopic (exact) mass is 303 g/mol. The number of aliphatic hydroxyl groups excluding tert-OH is 1. The van der Waals surface area contributed by atoms with Gasteiger partial charge in [-0.05, 0) is 18.1 Å². The van der Waals surface area contributed by atoms with Crippen LogP contribution in [0.2, 0.25) is 0 Å². The SMILES string of the molecule is CC[C@@H](O)CN1CCOC(c2ccccc2C(F)(F)F)C1. The summed E-state index contributed by atoms with van der Waals surface area (Å²) >= 11 is 0. The first kappa shape index (κ1) is 16.3. The van der Waals surface area contributed by atoms with Crippen molar-refractivity contribution in [3.8, 4) is 0 Å². The van der Waals surface area contributed by atoms with Crippen LogP contribution >= 0.6 is 0 Å². The minimum Gasteiger partial charge on any atom is -0.392 e. The lowest BCUT2D eigenvalue weighted by Crippen LogP contribution is -2.42. The molecule has 0 aliphatic carbocycles. The lowest BCUT2D eigenvalue weighted by Gasteiger charge is -2.35. The molecule has 118 valence electrons. The smallest absolute Gasteiger partial charge is 0.392 e. The van der Waals surface area contributed by atoms with Crippen molar-refractivity contribution < 1.29 is 23.0 Å². The number of hydrogen-bond donors (Lipinski definition) is 1. The molecule has 1 N–H and O–H groups in total. The van der Waals surface area contributed by atoms with Gasteiger partial charge in [-0.25, -0.2) is 0 Å². The van der Waals surface area contributed by atoms with Gasteiger partial charge in [0.05, 0.1) is 24.4 Å². The molecule has 6 heteroatoms. The number of aliphatic hydroxyl groups is 1. The van der Waals surface area contributed by atoms with Gasteiger partial charge in [-0.15, -0.1) is 0 Å². The van der Waals surface area contributed by atoms with Gasteiger partial charge < -0.3 is 9.84 Å². The summed E-state index contributed by atoms with van der Waals surface area (Å²) in [4.78, 5) is 1.95.